The summed E-state index contributed by atoms with van der Waals surface area (Å²) in [5.41, 5.74) is 5.88. The van der Waals surface area contributed by atoms with E-state index in [-0.39, 0.29) is 6.54 Å². The minimum absolute atomic E-state index is 0.111. The maximum atomic E-state index is 11.6. The van der Waals surface area contributed by atoms with Gasteiger partial charge in [0, 0.05) is 15.8 Å². The van der Waals surface area contributed by atoms with E-state index in [9.17, 15) is 8.42 Å². The largest absolute Gasteiger partial charge is 0.329 e. The lowest BCUT2D eigenvalue weighted by molar-refractivity contribution is 0.589. The number of benzene rings is 1. The summed E-state index contributed by atoms with van der Waals surface area (Å²) in [6.07, 6.45) is 0. The lowest BCUT2D eigenvalue weighted by atomic mass is 10.3. The highest BCUT2D eigenvalue weighted by Gasteiger charge is 2.18. The van der Waals surface area contributed by atoms with Crippen molar-refractivity contribution in [1.82, 2.24) is 0 Å². The molecule has 6 heteroatoms. The van der Waals surface area contributed by atoms with Gasteiger partial charge < -0.3 is 5.73 Å². The molecule has 15 heavy (non-hydrogen) atoms. The molecule has 0 saturated carbocycles. The predicted molar refractivity (Wildman–Crippen MR) is 70.2 cm³/mol. The quantitative estimate of drug-likeness (QED) is 0.814. The molecule has 1 atom stereocenters. The number of sulfonamides is 1. The third-order valence-electron chi connectivity index (χ3n) is 1.97. The Kier molecular flexibility index (Phi) is 4.35. The first-order valence-corrected chi connectivity index (χ1v) is 7.05. The van der Waals surface area contributed by atoms with Crippen LogP contribution in [-0.4, -0.2) is 20.2 Å². The number of hydrogen-bond acceptors (Lipinski definition) is 3. The second-order valence-electron chi connectivity index (χ2n) is 3.20. The van der Waals surface area contributed by atoms with Crippen molar-refractivity contribution < 1.29 is 8.42 Å². The van der Waals surface area contributed by atoms with Gasteiger partial charge in [0.1, 0.15) is 0 Å². The minimum Gasteiger partial charge on any atom is -0.329 e. The number of halogens is 1. The third-order valence-corrected chi connectivity index (χ3v) is 4.46. The van der Waals surface area contributed by atoms with Crippen LogP contribution in [0.15, 0.2) is 24.3 Å². The van der Waals surface area contributed by atoms with E-state index in [4.69, 9.17) is 5.73 Å². The Morgan fingerprint density at radius 1 is 1.40 bits per heavy atom. The first-order chi connectivity index (χ1) is 6.95. The average molecular weight is 340 g/mol. The van der Waals surface area contributed by atoms with Gasteiger partial charge in [-0.1, -0.05) is 0 Å². The Morgan fingerprint density at radius 3 is 2.40 bits per heavy atom. The topological polar surface area (TPSA) is 72.2 Å². The third kappa shape index (κ3) is 3.62. The average Bonchev–Trinajstić information content (AvgIpc) is 2.20. The molecule has 0 amide bonds. The molecule has 0 aromatic heterocycles. The molecule has 0 saturated heterocycles. The van der Waals surface area contributed by atoms with Crippen LogP contribution >= 0.6 is 22.6 Å². The van der Waals surface area contributed by atoms with Crippen LogP contribution < -0.4 is 10.5 Å². The summed E-state index contributed by atoms with van der Waals surface area (Å²) in [5.74, 6) is 0. The van der Waals surface area contributed by atoms with E-state index < -0.39 is 15.3 Å². The van der Waals surface area contributed by atoms with Crippen molar-refractivity contribution in [2.45, 2.75) is 12.2 Å². The molecule has 4 nitrogen and oxygen atoms in total. The van der Waals surface area contributed by atoms with E-state index in [2.05, 4.69) is 27.3 Å². The van der Waals surface area contributed by atoms with Gasteiger partial charge in [0.15, 0.2) is 0 Å². The van der Waals surface area contributed by atoms with Crippen LogP contribution in [0.2, 0.25) is 0 Å². The van der Waals surface area contributed by atoms with E-state index in [1.165, 1.54) is 0 Å². The summed E-state index contributed by atoms with van der Waals surface area (Å²) in [7, 11) is -3.35. The summed E-state index contributed by atoms with van der Waals surface area (Å²) in [6.45, 7) is 1.69. The zero-order chi connectivity index (χ0) is 11.5. The molecule has 1 aromatic carbocycles. The molecule has 0 aliphatic rings. The monoisotopic (exact) mass is 340 g/mol. The molecule has 84 valence electrons. The fraction of sp³-hybridized carbons (Fsp3) is 0.333. The minimum atomic E-state index is -3.35. The molecule has 0 aliphatic heterocycles. The van der Waals surface area contributed by atoms with Crippen LogP contribution in [0.1, 0.15) is 6.92 Å². The number of hydrogen-bond donors (Lipinski definition) is 2. The maximum absolute atomic E-state index is 11.6. The summed E-state index contributed by atoms with van der Waals surface area (Å²) >= 11 is 2.16. The summed E-state index contributed by atoms with van der Waals surface area (Å²) in [5, 5.41) is -0.586. The first-order valence-electron chi connectivity index (χ1n) is 4.43. The normalized spacial score (nSPS) is 13.5. The van der Waals surface area contributed by atoms with E-state index in [0.717, 1.165) is 3.57 Å². The lowest BCUT2D eigenvalue weighted by Gasteiger charge is -2.12. The van der Waals surface area contributed by atoms with E-state index in [1.807, 2.05) is 12.1 Å². The summed E-state index contributed by atoms with van der Waals surface area (Å²) < 4.78 is 26.8. The van der Waals surface area contributed by atoms with Crippen molar-refractivity contribution in [3.63, 3.8) is 0 Å². The van der Waals surface area contributed by atoms with Crippen LogP contribution in [0.25, 0.3) is 0 Å². The van der Waals surface area contributed by atoms with Crippen LogP contribution in [0.5, 0.6) is 0 Å². The molecule has 0 radical (unpaired) electrons. The Morgan fingerprint density at radius 2 is 1.93 bits per heavy atom. The molecule has 1 rings (SSSR count). The number of nitrogens with one attached hydrogen (secondary N) is 1. The van der Waals surface area contributed by atoms with E-state index >= 15 is 0 Å². The van der Waals surface area contributed by atoms with Gasteiger partial charge >= 0.3 is 0 Å². The van der Waals surface area contributed by atoms with Crippen molar-refractivity contribution >= 4 is 38.3 Å². The zero-order valence-electron chi connectivity index (χ0n) is 8.27. The Hall–Kier alpha value is -0.340. The maximum Gasteiger partial charge on any atom is 0.236 e. The van der Waals surface area contributed by atoms with Gasteiger partial charge in [0.2, 0.25) is 10.0 Å². The van der Waals surface area contributed by atoms with Crippen molar-refractivity contribution in [2.24, 2.45) is 5.73 Å². The van der Waals surface area contributed by atoms with Gasteiger partial charge in [-0.3, -0.25) is 4.72 Å². The molecule has 0 spiro atoms. The van der Waals surface area contributed by atoms with Crippen molar-refractivity contribution in [2.75, 3.05) is 11.3 Å². The fourth-order valence-electron chi connectivity index (χ4n) is 0.909. The summed E-state index contributed by atoms with van der Waals surface area (Å²) in [6, 6.07) is 7.13. The number of anilines is 1. The Labute approximate surface area is 103 Å². The Bertz CT molecular complexity index is 416. The van der Waals surface area contributed by atoms with E-state index in [1.54, 1.807) is 19.1 Å². The van der Waals surface area contributed by atoms with Crippen molar-refractivity contribution in [3.05, 3.63) is 27.8 Å². The molecular formula is C9H13IN2O2S. The second kappa shape index (κ2) is 5.13. The molecule has 0 bridgehead atoms. The number of nitrogens with two attached hydrogens (primary N) is 1. The molecule has 1 unspecified atom stereocenters. The summed E-state index contributed by atoms with van der Waals surface area (Å²) in [4.78, 5) is 0. The molecule has 0 aliphatic carbocycles. The van der Waals surface area contributed by atoms with Crippen LogP contribution in [0, 0.1) is 3.57 Å². The van der Waals surface area contributed by atoms with Gasteiger partial charge in [0.05, 0.1) is 5.25 Å². The lowest BCUT2D eigenvalue weighted by Crippen LogP contribution is -2.31. The number of rotatable bonds is 4. The van der Waals surface area contributed by atoms with Crippen LogP contribution in [0.4, 0.5) is 5.69 Å². The zero-order valence-corrected chi connectivity index (χ0v) is 11.2. The van der Waals surface area contributed by atoms with Gasteiger partial charge in [-0.05, 0) is 53.8 Å². The molecule has 3 N–H and O–H groups in total. The van der Waals surface area contributed by atoms with Gasteiger partial charge in [-0.2, -0.15) is 0 Å². The predicted octanol–water partition coefficient (Wildman–Crippen LogP) is 1.38. The molecule has 1 aromatic rings. The molecule has 0 fully saturated rings. The van der Waals surface area contributed by atoms with Gasteiger partial charge in [0.25, 0.3) is 0 Å². The highest BCUT2D eigenvalue weighted by atomic mass is 127. The standard InChI is InChI=1S/C9H13IN2O2S/c1-7(6-11)15(13,14)12-9-4-2-8(10)3-5-9/h2-5,7,12H,6,11H2,1H3. The fourth-order valence-corrected chi connectivity index (χ4v) is 2.19. The van der Waals surface area contributed by atoms with Crippen molar-refractivity contribution in [3.8, 4) is 0 Å². The smallest absolute Gasteiger partial charge is 0.236 e. The SMILES string of the molecule is CC(CN)S(=O)(=O)Nc1ccc(I)cc1. The first kappa shape index (κ1) is 12.7. The Balaban J connectivity index is 2.82. The van der Waals surface area contributed by atoms with E-state index in [0.29, 0.717) is 5.69 Å². The van der Waals surface area contributed by atoms with Gasteiger partial charge in [-0.15, -0.1) is 0 Å². The van der Waals surface area contributed by atoms with Crippen LogP contribution in [0.3, 0.4) is 0 Å². The van der Waals surface area contributed by atoms with Crippen LogP contribution in [-0.2, 0) is 10.0 Å². The molecular weight excluding hydrogens is 327 g/mol. The highest BCUT2D eigenvalue weighted by Crippen LogP contribution is 2.14. The van der Waals surface area contributed by atoms with Gasteiger partial charge in [-0.25, -0.2) is 8.42 Å². The molecule has 0 heterocycles. The van der Waals surface area contributed by atoms with Crippen molar-refractivity contribution in [1.29, 1.82) is 0 Å². The second-order valence-corrected chi connectivity index (χ2v) is 6.54. The highest BCUT2D eigenvalue weighted by molar-refractivity contribution is 14.1.